The summed E-state index contributed by atoms with van der Waals surface area (Å²) in [5.74, 6) is -1.66. The number of urea groups is 1. The third-order valence-corrected chi connectivity index (χ3v) is 3.09. The molecule has 6 heteroatoms. The Balaban J connectivity index is 3.00. The number of anilines is 1. The molecule has 2 amide bonds. The molecule has 1 rings (SSSR count). The molecule has 0 saturated heterocycles. The highest BCUT2D eigenvalue weighted by Gasteiger charge is 2.34. The summed E-state index contributed by atoms with van der Waals surface area (Å²) in [6, 6.07) is 4.18. The molecule has 0 aromatic heterocycles. The summed E-state index contributed by atoms with van der Waals surface area (Å²) in [6.07, 6.45) is 0. The van der Waals surface area contributed by atoms with E-state index in [1.807, 2.05) is 0 Å². The molecule has 5 nitrogen and oxygen atoms in total. The van der Waals surface area contributed by atoms with Crippen LogP contribution in [0.25, 0.3) is 0 Å². The number of hydrogen-bond donors (Lipinski definition) is 2. The minimum atomic E-state index is -1.12. The van der Waals surface area contributed by atoms with E-state index in [0.717, 1.165) is 0 Å². The van der Waals surface area contributed by atoms with Gasteiger partial charge in [0.15, 0.2) is 0 Å². The van der Waals surface area contributed by atoms with Crippen molar-refractivity contribution in [3.8, 4) is 0 Å². The lowest BCUT2D eigenvalue weighted by molar-refractivity contribution is -0.141. The standard InChI is InChI=1S/C15H21FN2O3/c1-5-18(11-9-7-6-8-10(11)16)14(21)17-12(13(19)20)15(2,3)4/h6-9,12H,5H2,1-4H3,(H,17,21)(H,19,20)/t12-/m0/s1. The number of amides is 2. The number of rotatable bonds is 4. The van der Waals surface area contributed by atoms with Crippen molar-refractivity contribution in [2.45, 2.75) is 33.7 Å². The highest BCUT2D eigenvalue weighted by atomic mass is 19.1. The Hall–Kier alpha value is -2.11. The Bertz CT molecular complexity index is 526. The maximum atomic E-state index is 13.8. The van der Waals surface area contributed by atoms with Gasteiger partial charge in [-0.1, -0.05) is 32.9 Å². The molecule has 0 bridgehead atoms. The van der Waals surface area contributed by atoms with Crippen LogP contribution in [0.2, 0.25) is 0 Å². The molecule has 0 unspecified atom stereocenters. The minimum Gasteiger partial charge on any atom is -0.480 e. The van der Waals surface area contributed by atoms with E-state index in [9.17, 15) is 19.1 Å². The van der Waals surface area contributed by atoms with E-state index in [4.69, 9.17) is 0 Å². The van der Waals surface area contributed by atoms with Gasteiger partial charge in [0, 0.05) is 6.54 Å². The summed E-state index contributed by atoms with van der Waals surface area (Å²) in [5, 5.41) is 11.7. The Morgan fingerprint density at radius 1 is 1.33 bits per heavy atom. The van der Waals surface area contributed by atoms with Crippen LogP contribution in [0.5, 0.6) is 0 Å². The molecule has 1 aromatic carbocycles. The van der Waals surface area contributed by atoms with Gasteiger partial charge in [0.05, 0.1) is 5.69 Å². The van der Waals surface area contributed by atoms with Crippen LogP contribution in [-0.2, 0) is 4.79 Å². The third kappa shape index (κ3) is 4.18. The number of nitrogens with zero attached hydrogens (tertiary/aromatic N) is 1. The lowest BCUT2D eigenvalue weighted by Crippen LogP contribution is -2.53. The average Bonchev–Trinajstić information content (AvgIpc) is 2.37. The fourth-order valence-corrected chi connectivity index (χ4v) is 1.94. The lowest BCUT2D eigenvalue weighted by atomic mass is 9.87. The first kappa shape index (κ1) is 16.9. The van der Waals surface area contributed by atoms with E-state index >= 15 is 0 Å². The van der Waals surface area contributed by atoms with Crippen LogP contribution < -0.4 is 10.2 Å². The van der Waals surface area contributed by atoms with Gasteiger partial charge in [-0.15, -0.1) is 0 Å². The molecule has 2 N–H and O–H groups in total. The largest absolute Gasteiger partial charge is 0.480 e. The predicted molar refractivity (Wildman–Crippen MR) is 78.8 cm³/mol. The van der Waals surface area contributed by atoms with Gasteiger partial charge < -0.3 is 10.4 Å². The minimum absolute atomic E-state index is 0.121. The SMILES string of the molecule is CCN(C(=O)N[C@@H](C(=O)O)C(C)(C)C)c1ccccc1F. The van der Waals surface area contributed by atoms with Crippen molar-refractivity contribution in [3.63, 3.8) is 0 Å². The van der Waals surface area contributed by atoms with Gasteiger partial charge in [-0.3, -0.25) is 4.90 Å². The fraction of sp³-hybridized carbons (Fsp3) is 0.467. The molecule has 0 heterocycles. The Morgan fingerprint density at radius 3 is 2.33 bits per heavy atom. The zero-order valence-corrected chi connectivity index (χ0v) is 12.7. The molecular weight excluding hydrogens is 275 g/mol. The van der Waals surface area contributed by atoms with Crippen molar-refractivity contribution in [1.82, 2.24) is 5.32 Å². The van der Waals surface area contributed by atoms with E-state index in [1.165, 1.54) is 23.1 Å². The number of carbonyl (C=O) groups is 2. The first-order valence-electron chi connectivity index (χ1n) is 6.73. The number of hydrogen-bond acceptors (Lipinski definition) is 2. The monoisotopic (exact) mass is 296 g/mol. The summed E-state index contributed by atoms with van der Waals surface area (Å²) >= 11 is 0. The fourth-order valence-electron chi connectivity index (χ4n) is 1.94. The second-order valence-corrected chi connectivity index (χ2v) is 5.78. The average molecular weight is 296 g/mol. The lowest BCUT2D eigenvalue weighted by Gasteiger charge is -2.30. The van der Waals surface area contributed by atoms with Crippen LogP contribution in [0.15, 0.2) is 24.3 Å². The highest BCUT2D eigenvalue weighted by molar-refractivity contribution is 5.94. The van der Waals surface area contributed by atoms with Gasteiger partial charge >= 0.3 is 12.0 Å². The second-order valence-electron chi connectivity index (χ2n) is 5.78. The topological polar surface area (TPSA) is 69.6 Å². The normalized spacial score (nSPS) is 12.6. The first-order valence-corrected chi connectivity index (χ1v) is 6.73. The van der Waals surface area contributed by atoms with E-state index in [1.54, 1.807) is 33.8 Å². The number of halogens is 1. The number of carbonyl (C=O) groups excluding carboxylic acids is 1. The molecule has 0 aliphatic rings. The number of aliphatic carboxylic acids is 1. The van der Waals surface area contributed by atoms with Gasteiger partial charge in [0.1, 0.15) is 11.9 Å². The maximum Gasteiger partial charge on any atom is 0.326 e. The van der Waals surface area contributed by atoms with Gasteiger partial charge in [0.25, 0.3) is 0 Å². The molecule has 1 atom stereocenters. The number of para-hydroxylation sites is 1. The molecule has 0 aliphatic heterocycles. The van der Waals surface area contributed by atoms with Crippen LogP contribution in [-0.4, -0.2) is 29.7 Å². The summed E-state index contributed by atoms with van der Waals surface area (Å²) in [6.45, 7) is 7.06. The number of benzene rings is 1. The van der Waals surface area contributed by atoms with Crippen molar-refractivity contribution >= 4 is 17.7 Å². The number of carboxylic acids is 1. The van der Waals surface area contributed by atoms with Gasteiger partial charge in [0.2, 0.25) is 0 Å². The summed E-state index contributed by atoms with van der Waals surface area (Å²) in [4.78, 5) is 24.7. The predicted octanol–water partition coefficient (Wildman–Crippen LogP) is 2.86. The summed E-state index contributed by atoms with van der Waals surface area (Å²) < 4.78 is 13.8. The van der Waals surface area contributed by atoms with Crippen molar-refractivity contribution in [3.05, 3.63) is 30.1 Å². The van der Waals surface area contributed by atoms with E-state index in [-0.39, 0.29) is 12.2 Å². The van der Waals surface area contributed by atoms with Crippen LogP contribution in [0.3, 0.4) is 0 Å². The quantitative estimate of drug-likeness (QED) is 0.897. The van der Waals surface area contributed by atoms with Crippen molar-refractivity contribution < 1.29 is 19.1 Å². The van der Waals surface area contributed by atoms with E-state index < -0.39 is 29.3 Å². The summed E-state index contributed by atoms with van der Waals surface area (Å²) in [5.41, 5.74) is -0.536. The summed E-state index contributed by atoms with van der Waals surface area (Å²) in [7, 11) is 0. The molecular formula is C15H21FN2O3. The first-order chi connectivity index (χ1) is 9.68. The van der Waals surface area contributed by atoms with Gasteiger partial charge in [-0.25, -0.2) is 14.0 Å². The zero-order chi connectivity index (χ0) is 16.2. The Morgan fingerprint density at radius 2 is 1.90 bits per heavy atom. The molecule has 116 valence electrons. The van der Waals surface area contributed by atoms with E-state index in [2.05, 4.69) is 5.32 Å². The smallest absolute Gasteiger partial charge is 0.326 e. The number of nitrogens with one attached hydrogen (secondary N) is 1. The molecule has 0 fully saturated rings. The second kappa shape index (κ2) is 6.56. The third-order valence-electron chi connectivity index (χ3n) is 3.09. The van der Waals surface area contributed by atoms with Crippen molar-refractivity contribution in [2.75, 3.05) is 11.4 Å². The Labute approximate surface area is 123 Å². The van der Waals surface area contributed by atoms with Crippen LogP contribution in [0, 0.1) is 11.2 Å². The number of carboxylic acid groups (broad SMARTS) is 1. The highest BCUT2D eigenvalue weighted by Crippen LogP contribution is 2.22. The van der Waals surface area contributed by atoms with Crippen LogP contribution in [0.4, 0.5) is 14.9 Å². The van der Waals surface area contributed by atoms with Crippen LogP contribution in [0.1, 0.15) is 27.7 Å². The van der Waals surface area contributed by atoms with Gasteiger partial charge in [-0.05, 0) is 24.5 Å². The van der Waals surface area contributed by atoms with Crippen molar-refractivity contribution in [2.24, 2.45) is 5.41 Å². The molecule has 0 saturated carbocycles. The van der Waals surface area contributed by atoms with Crippen molar-refractivity contribution in [1.29, 1.82) is 0 Å². The molecule has 0 radical (unpaired) electrons. The zero-order valence-electron chi connectivity index (χ0n) is 12.7. The van der Waals surface area contributed by atoms with Crippen LogP contribution >= 0.6 is 0 Å². The molecule has 0 aliphatic carbocycles. The molecule has 1 aromatic rings. The van der Waals surface area contributed by atoms with Gasteiger partial charge in [-0.2, -0.15) is 0 Å². The molecule has 0 spiro atoms. The maximum absolute atomic E-state index is 13.8. The van der Waals surface area contributed by atoms with E-state index in [0.29, 0.717) is 0 Å². The molecule has 21 heavy (non-hydrogen) atoms. The Kier molecular flexibility index (Phi) is 5.29.